The van der Waals surface area contributed by atoms with Crippen LogP contribution in [0.25, 0.3) is 11.3 Å². The molecule has 0 saturated heterocycles. The van der Waals surface area contributed by atoms with Crippen LogP contribution in [-0.2, 0) is 12.8 Å². The molecule has 0 bridgehead atoms. The Morgan fingerprint density at radius 1 is 1.21 bits per heavy atom. The van der Waals surface area contributed by atoms with E-state index in [0.717, 1.165) is 53.1 Å². The maximum absolute atomic E-state index is 12.6. The number of hydrogen-bond donors (Lipinski definition) is 1. The molecule has 6 heteroatoms. The number of hydrogen-bond acceptors (Lipinski definition) is 4. The number of carboxylic acid groups (broad SMARTS) is 1. The minimum atomic E-state index is -1.18. The van der Waals surface area contributed by atoms with Gasteiger partial charge in [0.15, 0.2) is 16.9 Å². The molecule has 2 aliphatic heterocycles. The first-order chi connectivity index (χ1) is 15.9. The van der Waals surface area contributed by atoms with E-state index < -0.39 is 11.4 Å². The van der Waals surface area contributed by atoms with Crippen molar-refractivity contribution in [1.29, 1.82) is 0 Å². The molecule has 0 aliphatic carbocycles. The van der Waals surface area contributed by atoms with Gasteiger partial charge in [0, 0.05) is 35.9 Å². The molecule has 0 radical (unpaired) electrons. The molecular formula is C27H35NO5. The van der Waals surface area contributed by atoms with Crippen molar-refractivity contribution in [2.75, 3.05) is 13.2 Å². The Kier molecular flexibility index (Phi) is 7.11. The summed E-state index contributed by atoms with van der Waals surface area (Å²) in [6.07, 6.45) is 10.3. The maximum Gasteiger partial charge on any atom is 0.341 e. The average molecular weight is 454 g/mol. The van der Waals surface area contributed by atoms with Crippen LogP contribution in [0.15, 0.2) is 23.1 Å². The smallest absolute Gasteiger partial charge is 0.341 e. The van der Waals surface area contributed by atoms with Gasteiger partial charge >= 0.3 is 5.97 Å². The summed E-state index contributed by atoms with van der Waals surface area (Å²) >= 11 is 0. The fourth-order valence-electron chi connectivity index (χ4n) is 5.12. The van der Waals surface area contributed by atoms with E-state index >= 15 is 0 Å². The summed E-state index contributed by atoms with van der Waals surface area (Å²) in [6, 6.07) is 3.65. The SMILES string of the molecule is CCCCCCCCOc1cc2c(c3c1OCC3)-c1cc(=O)c(C(=O)O)cn1C(C(C)C)C2. The number of carboxylic acids is 1. The third-order valence-electron chi connectivity index (χ3n) is 6.90. The molecule has 0 saturated carbocycles. The van der Waals surface area contributed by atoms with Crippen LogP contribution in [0.2, 0.25) is 0 Å². The highest BCUT2D eigenvalue weighted by Crippen LogP contribution is 2.48. The van der Waals surface area contributed by atoms with Crippen LogP contribution in [0.1, 0.15) is 86.8 Å². The molecule has 1 unspecified atom stereocenters. The number of aromatic carboxylic acids is 1. The van der Waals surface area contributed by atoms with E-state index in [2.05, 4.69) is 26.8 Å². The van der Waals surface area contributed by atoms with Crippen LogP contribution in [0, 0.1) is 5.92 Å². The van der Waals surface area contributed by atoms with E-state index in [1.54, 1.807) is 0 Å². The van der Waals surface area contributed by atoms with Crippen LogP contribution in [0.4, 0.5) is 0 Å². The number of aromatic nitrogens is 1. The Bertz CT molecular complexity index is 1080. The fraction of sp³-hybridized carbons (Fsp3) is 0.556. The monoisotopic (exact) mass is 453 g/mol. The van der Waals surface area contributed by atoms with Crippen molar-refractivity contribution in [3.8, 4) is 22.8 Å². The Hall–Kier alpha value is -2.76. The Balaban J connectivity index is 1.67. The van der Waals surface area contributed by atoms with Crippen LogP contribution in [0.3, 0.4) is 0 Å². The standard InChI is InChI=1S/C27H35NO5/c1-4-5-6-7-8-9-11-32-24-14-18-13-21(17(2)3)28-16-20(27(30)31)23(29)15-22(28)25(18)19-10-12-33-26(19)24/h14-17,21H,4-13H2,1-3H3,(H,30,31). The van der Waals surface area contributed by atoms with Gasteiger partial charge in [-0.15, -0.1) is 0 Å². The lowest BCUT2D eigenvalue weighted by Gasteiger charge is -2.34. The predicted octanol–water partition coefficient (Wildman–Crippen LogP) is 5.64. The number of fused-ring (bicyclic) bond motifs is 5. The van der Waals surface area contributed by atoms with Crippen molar-refractivity contribution in [2.45, 2.75) is 78.2 Å². The minimum Gasteiger partial charge on any atom is -0.490 e. The van der Waals surface area contributed by atoms with Gasteiger partial charge in [-0.2, -0.15) is 0 Å². The molecule has 2 aromatic rings. The molecule has 1 N–H and O–H groups in total. The van der Waals surface area contributed by atoms with Crippen molar-refractivity contribution < 1.29 is 19.4 Å². The van der Waals surface area contributed by atoms with Gasteiger partial charge in [0.1, 0.15) is 5.56 Å². The van der Waals surface area contributed by atoms with Gasteiger partial charge in [-0.25, -0.2) is 4.79 Å². The van der Waals surface area contributed by atoms with Crippen molar-refractivity contribution in [3.05, 3.63) is 45.2 Å². The first kappa shape index (κ1) is 23.4. The molecule has 1 aromatic carbocycles. The summed E-state index contributed by atoms with van der Waals surface area (Å²) in [4.78, 5) is 24.2. The van der Waals surface area contributed by atoms with Crippen molar-refractivity contribution >= 4 is 5.97 Å². The minimum absolute atomic E-state index is 0.0676. The number of carbonyl (C=O) groups is 1. The van der Waals surface area contributed by atoms with E-state index in [4.69, 9.17) is 9.47 Å². The lowest BCUT2D eigenvalue weighted by atomic mass is 9.84. The summed E-state index contributed by atoms with van der Waals surface area (Å²) in [5, 5.41) is 9.49. The van der Waals surface area contributed by atoms with Gasteiger partial charge in [-0.1, -0.05) is 52.9 Å². The van der Waals surface area contributed by atoms with Crippen LogP contribution in [-0.4, -0.2) is 28.9 Å². The zero-order chi connectivity index (χ0) is 23.5. The first-order valence-corrected chi connectivity index (χ1v) is 12.4. The Morgan fingerprint density at radius 3 is 2.70 bits per heavy atom. The molecule has 4 rings (SSSR count). The van der Waals surface area contributed by atoms with Gasteiger partial charge in [0.05, 0.1) is 18.9 Å². The van der Waals surface area contributed by atoms with Crippen LogP contribution >= 0.6 is 0 Å². The molecule has 33 heavy (non-hydrogen) atoms. The van der Waals surface area contributed by atoms with E-state index in [0.29, 0.717) is 13.2 Å². The largest absolute Gasteiger partial charge is 0.490 e. The van der Waals surface area contributed by atoms with Gasteiger partial charge in [-0.3, -0.25) is 4.79 Å². The van der Waals surface area contributed by atoms with Crippen molar-refractivity contribution in [3.63, 3.8) is 0 Å². The number of rotatable bonds is 10. The Labute approximate surface area is 195 Å². The third-order valence-corrected chi connectivity index (χ3v) is 6.90. The number of pyridine rings is 1. The third kappa shape index (κ3) is 4.66. The maximum atomic E-state index is 12.6. The lowest BCUT2D eigenvalue weighted by Crippen LogP contribution is -2.28. The molecule has 0 spiro atoms. The van der Waals surface area contributed by atoms with Gasteiger partial charge in [-0.05, 0) is 30.4 Å². The molecule has 2 aliphatic rings. The molecule has 1 atom stereocenters. The van der Waals surface area contributed by atoms with Crippen molar-refractivity contribution in [1.82, 2.24) is 4.57 Å². The summed E-state index contributed by atoms with van der Waals surface area (Å²) in [5.41, 5.74) is 3.39. The van der Waals surface area contributed by atoms with Crippen molar-refractivity contribution in [2.24, 2.45) is 5.92 Å². The molecule has 6 nitrogen and oxygen atoms in total. The number of unbranched alkanes of at least 4 members (excludes halogenated alkanes) is 5. The van der Waals surface area contributed by atoms with Crippen LogP contribution in [0.5, 0.6) is 11.5 Å². The van der Waals surface area contributed by atoms with Gasteiger partial charge in [0.2, 0.25) is 0 Å². The van der Waals surface area contributed by atoms with E-state index in [1.807, 2.05) is 4.57 Å². The second-order valence-corrected chi connectivity index (χ2v) is 9.60. The summed E-state index contributed by atoms with van der Waals surface area (Å²) < 4.78 is 14.2. The van der Waals surface area contributed by atoms with E-state index in [1.165, 1.54) is 44.4 Å². The topological polar surface area (TPSA) is 77.8 Å². The highest BCUT2D eigenvalue weighted by Gasteiger charge is 2.33. The lowest BCUT2D eigenvalue weighted by molar-refractivity contribution is 0.0694. The zero-order valence-electron chi connectivity index (χ0n) is 20.0. The molecule has 178 valence electrons. The number of ether oxygens (including phenoxy) is 2. The van der Waals surface area contributed by atoms with Crippen LogP contribution < -0.4 is 14.9 Å². The number of nitrogens with zero attached hydrogens (tertiary/aromatic N) is 1. The Morgan fingerprint density at radius 2 is 1.97 bits per heavy atom. The molecule has 3 heterocycles. The van der Waals surface area contributed by atoms with E-state index in [-0.39, 0.29) is 17.5 Å². The second-order valence-electron chi connectivity index (χ2n) is 9.60. The molecule has 1 aromatic heterocycles. The predicted molar refractivity (Wildman–Crippen MR) is 129 cm³/mol. The quantitative estimate of drug-likeness (QED) is 0.471. The number of benzene rings is 1. The molecule has 0 fully saturated rings. The van der Waals surface area contributed by atoms with Gasteiger partial charge < -0.3 is 19.1 Å². The molecular weight excluding hydrogens is 418 g/mol. The average Bonchev–Trinajstić information content (AvgIpc) is 3.27. The summed E-state index contributed by atoms with van der Waals surface area (Å²) in [6.45, 7) is 7.74. The zero-order valence-corrected chi connectivity index (χ0v) is 20.0. The first-order valence-electron chi connectivity index (χ1n) is 12.4. The summed E-state index contributed by atoms with van der Waals surface area (Å²) in [7, 11) is 0. The second kappa shape index (κ2) is 10.0. The highest BCUT2D eigenvalue weighted by molar-refractivity contribution is 5.88. The van der Waals surface area contributed by atoms with Gasteiger partial charge in [0.25, 0.3) is 0 Å². The normalized spacial score (nSPS) is 16.2. The fourth-order valence-corrected chi connectivity index (χ4v) is 5.12. The summed E-state index contributed by atoms with van der Waals surface area (Å²) in [5.74, 6) is 0.674. The van der Waals surface area contributed by atoms with E-state index in [9.17, 15) is 14.7 Å². The highest BCUT2D eigenvalue weighted by atomic mass is 16.5. The molecule has 0 amide bonds.